The molecule has 0 unspecified atom stereocenters. The topological polar surface area (TPSA) is 65.7 Å². The van der Waals surface area contributed by atoms with E-state index in [0.29, 0.717) is 43.2 Å². The number of anilines is 1. The van der Waals surface area contributed by atoms with Gasteiger partial charge in [0, 0.05) is 38.6 Å². The molecule has 0 aliphatic carbocycles. The number of likely N-dealkylation sites (N-methyl/N-ethyl adjacent to an activating group) is 1. The molecule has 34 heavy (non-hydrogen) atoms. The smallest absolute Gasteiger partial charge is 0.371 e. The van der Waals surface area contributed by atoms with E-state index >= 15 is 0 Å². The van der Waals surface area contributed by atoms with E-state index in [0.717, 1.165) is 21.7 Å². The maximum atomic E-state index is 13.0. The van der Waals surface area contributed by atoms with Gasteiger partial charge in [-0.15, -0.1) is 0 Å². The quantitative estimate of drug-likeness (QED) is 0.620. The molecule has 0 bridgehead atoms. The molecule has 2 saturated heterocycles. The van der Waals surface area contributed by atoms with E-state index in [1.165, 1.54) is 13.2 Å². The van der Waals surface area contributed by atoms with Gasteiger partial charge in [0.15, 0.2) is 5.65 Å². The second-order valence-electron chi connectivity index (χ2n) is 9.21. The number of amidine groups is 1. The van der Waals surface area contributed by atoms with Gasteiger partial charge in [0.05, 0.1) is 30.3 Å². The van der Waals surface area contributed by atoms with Crippen molar-refractivity contribution in [3.8, 4) is 0 Å². The number of halogens is 6. The monoisotopic (exact) mass is 488 g/mol. The Balaban J connectivity index is 1.29. The number of fused-ring (bicyclic) bond motifs is 1. The summed E-state index contributed by atoms with van der Waals surface area (Å²) in [5, 5.41) is 3.94. The number of rotatable bonds is 3. The van der Waals surface area contributed by atoms with Gasteiger partial charge in [-0.3, -0.25) is 0 Å². The van der Waals surface area contributed by atoms with Crippen molar-refractivity contribution in [2.45, 2.75) is 32.2 Å². The fourth-order valence-corrected chi connectivity index (χ4v) is 4.93. The molecule has 2 aromatic rings. The van der Waals surface area contributed by atoms with Crippen molar-refractivity contribution in [1.29, 1.82) is 0 Å². The average Bonchev–Trinajstić information content (AvgIpc) is 3.27. The van der Waals surface area contributed by atoms with Crippen LogP contribution in [0.1, 0.15) is 12.1 Å². The molecule has 5 rings (SSSR count). The molecule has 2 fully saturated rings. The number of nitrogens with zero attached hydrogens (tertiary/aromatic N) is 8. The molecule has 0 N–H and O–H groups in total. The zero-order valence-electron chi connectivity index (χ0n) is 18.4. The predicted molar refractivity (Wildman–Crippen MR) is 111 cm³/mol. The third-order valence-corrected chi connectivity index (χ3v) is 6.50. The normalized spacial score (nSPS) is 20.8. The fraction of sp³-hybridized carbons (Fsp3) is 0.600. The highest BCUT2D eigenvalue weighted by molar-refractivity contribution is 5.88. The van der Waals surface area contributed by atoms with Crippen LogP contribution in [0.25, 0.3) is 11.2 Å². The van der Waals surface area contributed by atoms with Crippen LogP contribution in [0.4, 0.5) is 32.2 Å². The second kappa shape index (κ2) is 7.47. The number of likely N-dealkylation sites (tertiary alicyclic amines) is 1. The van der Waals surface area contributed by atoms with Gasteiger partial charge in [-0.05, 0) is 13.3 Å². The first-order valence-corrected chi connectivity index (χ1v) is 10.7. The van der Waals surface area contributed by atoms with Gasteiger partial charge in [-0.1, -0.05) is 0 Å². The first-order valence-electron chi connectivity index (χ1n) is 10.7. The van der Waals surface area contributed by atoms with Crippen LogP contribution < -0.4 is 4.90 Å². The molecule has 14 heteroatoms. The minimum absolute atomic E-state index is 0.0633. The summed E-state index contributed by atoms with van der Waals surface area (Å²) in [5.41, 5.74) is 1.48. The average molecular weight is 488 g/mol. The number of aliphatic imine (C=N–C) groups is 1. The van der Waals surface area contributed by atoms with Gasteiger partial charge in [0.2, 0.25) is 5.84 Å². The SMILES string of the molecule is Cc1nn(CC(F)(F)F)c2nc(N3CCC4(CN(C5=CN=C(C(F)(F)F)N(C)C5)C4)C3)cnc12. The van der Waals surface area contributed by atoms with E-state index in [2.05, 4.69) is 20.1 Å². The Labute approximate surface area is 190 Å². The van der Waals surface area contributed by atoms with Crippen molar-refractivity contribution < 1.29 is 26.3 Å². The van der Waals surface area contributed by atoms with E-state index < -0.39 is 24.7 Å². The lowest BCUT2D eigenvalue weighted by Crippen LogP contribution is -2.58. The Hall–Kier alpha value is -3.06. The Morgan fingerprint density at radius 2 is 1.76 bits per heavy atom. The largest absolute Gasteiger partial charge is 0.449 e. The van der Waals surface area contributed by atoms with Gasteiger partial charge in [0.1, 0.15) is 17.9 Å². The van der Waals surface area contributed by atoms with Gasteiger partial charge in [-0.2, -0.15) is 31.4 Å². The summed E-state index contributed by atoms with van der Waals surface area (Å²) < 4.78 is 78.6. The zero-order valence-corrected chi connectivity index (χ0v) is 18.4. The van der Waals surface area contributed by atoms with Crippen LogP contribution >= 0.6 is 0 Å². The van der Waals surface area contributed by atoms with Gasteiger partial charge in [0.25, 0.3) is 0 Å². The van der Waals surface area contributed by atoms with E-state index in [4.69, 9.17) is 0 Å². The highest BCUT2D eigenvalue weighted by atomic mass is 19.4. The first kappa shape index (κ1) is 22.7. The van der Waals surface area contributed by atoms with Crippen molar-refractivity contribution in [1.82, 2.24) is 29.5 Å². The molecule has 0 radical (unpaired) electrons. The fourth-order valence-electron chi connectivity index (χ4n) is 4.93. The minimum Gasteiger partial charge on any atom is -0.371 e. The Morgan fingerprint density at radius 1 is 1.06 bits per heavy atom. The lowest BCUT2D eigenvalue weighted by atomic mass is 9.78. The highest BCUT2D eigenvalue weighted by Gasteiger charge is 2.49. The van der Waals surface area contributed by atoms with Crippen molar-refractivity contribution in [2.24, 2.45) is 10.4 Å². The summed E-state index contributed by atoms with van der Waals surface area (Å²) in [6.07, 6.45) is -5.25. The Bertz CT molecular complexity index is 1170. The maximum Gasteiger partial charge on any atom is 0.449 e. The lowest BCUT2D eigenvalue weighted by Gasteiger charge is -2.51. The predicted octanol–water partition coefficient (Wildman–Crippen LogP) is 2.96. The van der Waals surface area contributed by atoms with Gasteiger partial charge < -0.3 is 14.7 Å². The maximum absolute atomic E-state index is 13.0. The molecule has 184 valence electrons. The number of aryl methyl sites for hydroxylation is 1. The molecule has 0 amide bonds. The second-order valence-corrected chi connectivity index (χ2v) is 9.21. The van der Waals surface area contributed by atoms with Crippen molar-refractivity contribution in [3.05, 3.63) is 23.8 Å². The molecule has 0 atom stereocenters. The van der Waals surface area contributed by atoms with Crippen LogP contribution in [0.15, 0.2) is 23.1 Å². The van der Waals surface area contributed by atoms with Crippen LogP contribution in [-0.4, -0.2) is 87.5 Å². The first-order chi connectivity index (χ1) is 15.8. The molecule has 1 spiro atoms. The van der Waals surface area contributed by atoms with Crippen molar-refractivity contribution >= 4 is 22.8 Å². The third kappa shape index (κ3) is 4.02. The molecule has 0 saturated carbocycles. The summed E-state index contributed by atoms with van der Waals surface area (Å²) in [4.78, 5) is 17.5. The van der Waals surface area contributed by atoms with Crippen LogP contribution in [0.5, 0.6) is 0 Å². The summed E-state index contributed by atoms with van der Waals surface area (Å²) in [6.45, 7) is 3.11. The number of hydrogen-bond donors (Lipinski definition) is 0. The Morgan fingerprint density at radius 3 is 2.41 bits per heavy atom. The molecular formula is C20H22F6N8. The molecule has 0 aromatic carbocycles. The molecule has 2 aromatic heterocycles. The van der Waals surface area contributed by atoms with Gasteiger partial charge >= 0.3 is 12.4 Å². The summed E-state index contributed by atoms with van der Waals surface area (Å²) >= 11 is 0. The Kier molecular flexibility index (Phi) is 4.99. The van der Waals surface area contributed by atoms with E-state index in [1.54, 1.807) is 13.1 Å². The van der Waals surface area contributed by atoms with Crippen LogP contribution in [0.2, 0.25) is 0 Å². The van der Waals surface area contributed by atoms with Crippen molar-refractivity contribution in [3.63, 3.8) is 0 Å². The van der Waals surface area contributed by atoms with E-state index in [1.807, 2.05) is 9.80 Å². The number of hydrogen-bond acceptors (Lipinski definition) is 7. The summed E-state index contributed by atoms with van der Waals surface area (Å²) in [7, 11) is 1.37. The van der Waals surface area contributed by atoms with Crippen LogP contribution in [0, 0.1) is 12.3 Å². The molecular weight excluding hydrogens is 466 g/mol. The standard InChI is InChI=1S/C20H22F6N8/c1-12-15-16(34(30-12)11-19(21,22)23)29-14(6-27-15)32-4-3-18(8-32)9-33(10-18)13-5-28-17(20(24,25)26)31(2)7-13/h5-6H,3-4,7-11H2,1-2H3. The highest BCUT2D eigenvalue weighted by Crippen LogP contribution is 2.43. The molecule has 8 nitrogen and oxygen atoms in total. The molecule has 3 aliphatic rings. The third-order valence-electron chi connectivity index (χ3n) is 6.50. The lowest BCUT2D eigenvalue weighted by molar-refractivity contribution is -0.142. The number of alkyl halides is 6. The zero-order chi connectivity index (χ0) is 24.5. The van der Waals surface area contributed by atoms with E-state index in [9.17, 15) is 26.3 Å². The minimum atomic E-state index is -4.49. The molecule has 3 aliphatic heterocycles. The summed E-state index contributed by atoms with van der Waals surface area (Å²) in [6, 6.07) is 0. The molecule has 5 heterocycles. The number of aromatic nitrogens is 4. The van der Waals surface area contributed by atoms with E-state index in [-0.39, 0.29) is 17.6 Å². The van der Waals surface area contributed by atoms with Crippen LogP contribution in [-0.2, 0) is 6.54 Å². The van der Waals surface area contributed by atoms with Gasteiger partial charge in [-0.25, -0.2) is 19.6 Å². The summed E-state index contributed by atoms with van der Waals surface area (Å²) in [5.74, 6) is -0.422. The van der Waals surface area contributed by atoms with Crippen molar-refractivity contribution in [2.75, 3.05) is 44.7 Å². The van der Waals surface area contributed by atoms with Crippen LogP contribution in [0.3, 0.4) is 0 Å².